The molecule has 0 radical (unpaired) electrons. The van der Waals surface area contributed by atoms with Crippen molar-refractivity contribution in [2.45, 2.75) is 0 Å². The Labute approximate surface area is 116 Å². The first-order chi connectivity index (χ1) is 9.33. The molecule has 0 atom stereocenters. The lowest BCUT2D eigenvalue weighted by Crippen LogP contribution is -1.89. The van der Waals surface area contributed by atoms with Gasteiger partial charge in [-0.1, -0.05) is 18.2 Å². The highest BCUT2D eigenvalue weighted by Gasteiger charge is 1.84. The molecule has 0 spiro atoms. The molecule has 2 aromatic rings. The summed E-state index contributed by atoms with van der Waals surface area (Å²) in [4.78, 5) is 13.7. The standard InChI is InChI=1S/C6H5NO.C6H7N.H2O4S/c8-5-6-2-1-3-7-4-6;7-6-4-2-1-3-5-6;1-5(2,3)4/h1-5H;1-5H,7H2;(H2,1,2,3,4). The summed E-state index contributed by atoms with van der Waals surface area (Å²) in [6, 6.07) is 12.9. The van der Waals surface area contributed by atoms with Crippen LogP contribution in [0.25, 0.3) is 0 Å². The lowest BCUT2D eigenvalue weighted by molar-refractivity contribution is 0.112. The summed E-state index contributed by atoms with van der Waals surface area (Å²) in [6.45, 7) is 0. The van der Waals surface area contributed by atoms with Crippen molar-refractivity contribution in [3.05, 3.63) is 60.4 Å². The molecule has 8 heteroatoms. The molecule has 1 aromatic carbocycles. The van der Waals surface area contributed by atoms with Crippen molar-refractivity contribution < 1.29 is 22.3 Å². The number of carbonyl (C=O) groups excluding carboxylic acids is 1. The second kappa shape index (κ2) is 9.62. The van der Waals surface area contributed by atoms with Crippen LogP contribution < -0.4 is 5.73 Å². The van der Waals surface area contributed by atoms with Crippen molar-refractivity contribution in [2.75, 3.05) is 5.73 Å². The zero-order valence-electron chi connectivity index (χ0n) is 10.3. The lowest BCUT2D eigenvalue weighted by Gasteiger charge is -1.83. The summed E-state index contributed by atoms with van der Waals surface area (Å²) >= 11 is 0. The molecule has 0 saturated carbocycles. The molecule has 0 aliphatic rings. The van der Waals surface area contributed by atoms with E-state index in [0.29, 0.717) is 5.56 Å². The van der Waals surface area contributed by atoms with Gasteiger partial charge in [0.2, 0.25) is 0 Å². The lowest BCUT2D eigenvalue weighted by atomic mass is 10.3. The van der Waals surface area contributed by atoms with Crippen LogP contribution in [0.15, 0.2) is 54.9 Å². The van der Waals surface area contributed by atoms with Gasteiger partial charge in [-0.2, -0.15) is 8.42 Å². The smallest absolute Gasteiger partial charge is 0.394 e. The molecule has 0 fully saturated rings. The Hall–Kier alpha value is -2.29. The second-order valence-corrected chi connectivity index (χ2v) is 4.16. The number of anilines is 1. The van der Waals surface area contributed by atoms with Crippen molar-refractivity contribution >= 4 is 22.4 Å². The molecule has 0 aliphatic heterocycles. The Bertz CT molecular complexity index is 580. The summed E-state index contributed by atoms with van der Waals surface area (Å²) in [5.41, 5.74) is 6.80. The van der Waals surface area contributed by atoms with Gasteiger partial charge in [-0.25, -0.2) is 0 Å². The topological polar surface area (TPSA) is 131 Å². The predicted octanol–water partition coefficient (Wildman–Crippen LogP) is 1.51. The number of nitrogen functional groups attached to an aromatic ring is 1. The van der Waals surface area contributed by atoms with E-state index in [1.54, 1.807) is 18.3 Å². The number of aldehydes is 1. The van der Waals surface area contributed by atoms with E-state index in [0.717, 1.165) is 12.0 Å². The van der Waals surface area contributed by atoms with Crippen molar-refractivity contribution in [2.24, 2.45) is 0 Å². The highest BCUT2D eigenvalue weighted by atomic mass is 32.3. The quantitative estimate of drug-likeness (QED) is 0.413. The third-order valence-electron chi connectivity index (χ3n) is 1.62. The summed E-state index contributed by atoms with van der Waals surface area (Å²) in [5, 5.41) is 0. The van der Waals surface area contributed by atoms with E-state index < -0.39 is 10.4 Å². The molecule has 1 aromatic heterocycles. The average Bonchev–Trinajstić information content (AvgIpc) is 2.39. The van der Waals surface area contributed by atoms with E-state index in [9.17, 15) is 4.79 Å². The minimum Gasteiger partial charge on any atom is -0.399 e. The van der Waals surface area contributed by atoms with Gasteiger partial charge in [-0.15, -0.1) is 0 Å². The molecule has 7 nitrogen and oxygen atoms in total. The van der Waals surface area contributed by atoms with Gasteiger partial charge in [-0.05, 0) is 24.3 Å². The highest BCUT2D eigenvalue weighted by Crippen LogP contribution is 1.95. The van der Waals surface area contributed by atoms with Crippen molar-refractivity contribution in [3.8, 4) is 0 Å². The molecule has 0 amide bonds. The van der Waals surface area contributed by atoms with Crippen LogP contribution in [-0.4, -0.2) is 28.8 Å². The van der Waals surface area contributed by atoms with Crippen LogP contribution in [0.2, 0.25) is 0 Å². The first-order valence-corrected chi connectivity index (χ1v) is 6.58. The first-order valence-electron chi connectivity index (χ1n) is 5.18. The van der Waals surface area contributed by atoms with E-state index in [4.69, 9.17) is 23.3 Å². The fourth-order valence-corrected chi connectivity index (χ4v) is 0.899. The fraction of sp³-hybridized carbons (Fsp3) is 0. The largest absolute Gasteiger partial charge is 0.399 e. The number of hydrogen-bond donors (Lipinski definition) is 3. The van der Waals surface area contributed by atoms with Gasteiger partial charge in [0.1, 0.15) is 0 Å². The number of aromatic nitrogens is 1. The van der Waals surface area contributed by atoms with E-state index >= 15 is 0 Å². The Morgan fingerprint density at radius 1 is 1.05 bits per heavy atom. The molecule has 2 rings (SSSR count). The highest BCUT2D eigenvalue weighted by molar-refractivity contribution is 7.79. The Balaban J connectivity index is 0.000000280. The Morgan fingerprint density at radius 2 is 1.60 bits per heavy atom. The number of hydrogen-bond acceptors (Lipinski definition) is 5. The third-order valence-corrected chi connectivity index (χ3v) is 1.62. The number of nitrogens with zero attached hydrogens (tertiary/aromatic N) is 1. The summed E-state index contributed by atoms with van der Waals surface area (Å²) in [7, 11) is -4.67. The Morgan fingerprint density at radius 3 is 1.85 bits per heavy atom. The Kier molecular flexibility index (Phi) is 8.51. The van der Waals surface area contributed by atoms with Gasteiger partial charge < -0.3 is 5.73 Å². The molecule has 108 valence electrons. The minimum absolute atomic E-state index is 0.618. The SMILES string of the molecule is Nc1ccccc1.O=Cc1cccnc1.O=S(=O)(O)O. The third kappa shape index (κ3) is 13.8. The zero-order valence-corrected chi connectivity index (χ0v) is 11.1. The molecule has 0 bridgehead atoms. The van der Waals surface area contributed by atoms with E-state index in [2.05, 4.69) is 4.98 Å². The maximum absolute atomic E-state index is 9.97. The van der Waals surface area contributed by atoms with Gasteiger partial charge in [0.25, 0.3) is 0 Å². The van der Waals surface area contributed by atoms with Gasteiger partial charge >= 0.3 is 10.4 Å². The van der Waals surface area contributed by atoms with Crippen LogP contribution in [0.1, 0.15) is 10.4 Å². The van der Waals surface area contributed by atoms with Crippen LogP contribution in [0, 0.1) is 0 Å². The zero-order chi connectivity index (χ0) is 15.4. The summed E-state index contributed by atoms with van der Waals surface area (Å²) in [5.74, 6) is 0. The molecule has 0 saturated heterocycles. The summed E-state index contributed by atoms with van der Waals surface area (Å²) in [6.07, 6.45) is 3.92. The van der Waals surface area contributed by atoms with Crippen molar-refractivity contribution in [3.63, 3.8) is 0 Å². The van der Waals surface area contributed by atoms with Crippen LogP contribution >= 0.6 is 0 Å². The molecular formula is C12H14N2O5S. The van der Waals surface area contributed by atoms with Crippen LogP contribution in [0.4, 0.5) is 5.69 Å². The fourth-order valence-electron chi connectivity index (χ4n) is 0.899. The number of pyridine rings is 1. The normalized spacial score (nSPS) is 9.30. The van der Waals surface area contributed by atoms with Crippen LogP contribution in [-0.2, 0) is 10.4 Å². The minimum atomic E-state index is -4.67. The molecule has 4 N–H and O–H groups in total. The van der Waals surface area contributed by atoms with Gasteiger partial charge in [0.15, 0.2) is 6.29 Å². The number of carbonyl (C=O) groups is 1. The monoisotopic (exact) mass is 298 g/mol. The van der Waals surface area contributed by atoms with Crippen molar-refractivity contribution in [1.29, 1.82) is 0 Å². The molecule has 0 unspecified atom stereocenters. The summed E-state index contributed by atoms with van der Waals surface area (Å²) < 4.78 is 31.6. The van der Waals surface area contributed by atoms with Crippen molar-refractivity contribution in [1.82, 2.24) is 4.98 Å². The number of rotatable bonds is 1. The van der Waals surface area contributed by atoms with Crippen LogP contribution in [0.5, 0.6) is 0 Å². The predicted molar refractivity (Wildman–Crippen MR) is 74.7 cm³/mol. The van der Waals surface area contributed by atoms with Gasteiger partial charge in [0.05, 0.1) is 0 Å². The molecule has 1 heterocycles. The first kappa shape index (κ1) is 17.7. The maximum Gasteiger partial charge on any atom is 0.394 e. The maximum atomic E-state index is 9.97. The van der Waals surface area contributed by atoms with E-state index in [-0.39, 0.29) is 0 Å². The van der Waals surface area contributed by atoms with E-state index in [1.165, 1.54) is 6.20 Å². The van der Waals surface area contributed by atoms with E-state index in [1.807, 2.05) is 30.3 Å². The molecule has 0 aliphatic carbocycles. The van der Waals surface area contributed by atoms with Crippen LogP contribution in [0.3, 0.4) is 0 Å². The number of nitrogens with two attached hydrogens (primary N) is 1. The molecular weight excluding hydrogens is 284 g/mol. The van der Waals surface area contributed by atoms with Gasteiger partial charge in [-0.3, -0.25) is 18.9 Å². The second-order valence-electron chi connectivity index (χ2n) is 3.26. The number of benzene rings is 1. The van der Waals surface area contributed by atoms with Gasteiger partial charge in [0, 0.05) is 23.6 Å². The number of para-hydroxylation sites is 1. The average molecular weight is 298 g/mol. The molecule has 20 heavy (non-hydrogen) atoms.